The summed E-state index contributed by atoms with van der Waals surface area (Å²) in [4.78, 5) is 22.6. The molecular weight excluding hydrogens is 202 g/mol. The van der Waals surface area contributed by atoms with E-state index in [1.165, 1.54) is 7.05 Å². The van der Waals surface area contributed by atoms with Gasteiger partial charge in [-0.1, -0.05) is 0 Å². The van der Waals surface area contributed by atoms with Crippen molar-refractivity contribution in [3.05, 3.63) is 0 Å². The van der Waals surface area contributed by atoms with E-state index in [2.05, 4.69) is 0 Å². The van der Waals surface area contributed by atoms with Crippen LogP contribution in [0.2, 0.25) is 0 Å². The number of carboxylic acids is 1. The Hall–Kier alpha value is -1.30. The summed E-state index contributed by atoms with van der Waals surface area (Å²) in [6.45, 7) is 4.80. The Kier molecular flexibility index (Phi) is 4.54. The van der Waals surface area contributed by atoms with Gasteiger partial charge < -0.3 is 19.8 Å². The van der Waals surface area contributed by atoms with E-state index in [4.69, 9.17) is 14.9 Å². The van der Waals surface area contributed by atoms with E-state index >= 15 is 0 Å². The third-order valence-electron chi connectivity index (χ3n) is 1.44. The van der Waals surface area contributed by atoms with Gasteiger partial charge in [0.2, 0.25) is 0 Å². The van der Waals surface area contributed by atoms with Gasteiger partial charge in [0.1, 0.15) is 5.60 Å². The van der Waals surface area contributed by atoms with Crippen LogP contribution in [0.4, 0.5) is 4.79 Å². The average Bonchev–Trinajstić information content (AvgIpc) is 2.00. The number of hydrogen-bond acceptors (Lipinski definition) is 4. The molecule has 88 valence electrons. The topological polar surface area (TPSA) is 87.1 Å². The number of amides is 1. The lowest BCUT2D eigenvalue weighted by molar-refractivity contribution is -0.147. The molecule has 0 rings (SSSR count). The predicted molar refractivity (Wildman–Crippen MR) is 52.5 cm³/mol. The fourth-order valence-electron chi connectivity index (χ4n) is 0.752. The zero-order valence-electron chi connectivity index (χ0n) is 9.35. The molecule has 0 saturated carbocycles. The van der Waals surface area contributed by atoms with Crippen LogP contribution in [0.25, 0.3) is 0 Å². The molecule has 0 radical (unpaired) electrons. The summed E-state index contributed by atoms with van der Waals surface area (Å²) in [5.74, 6) is -1.37. The highest BCUT2D eigenvalue weighted by Crippen LogP contribution is 2.09. The van der Waals surface area contributed by atoms with Crippen LogP contribution in [0, 0.1) is 0 Å². The van der Waals surface area contributed by atoms with E-state index in [0.29, 0.717) is 0 Å². The summed E-state index contributed by atoms with van der Waals surface area (Å²) in [5.41, 5.74) is -0.639. The minimum atomic E-state index is -1.59. The zero-order chi connectivity index (χ0) is 12.2. The number of likely N-dealkylation sites (N-methyl/N-ethyl adjacent to an activating group) is 1. The molecule has 0 aliphatic rings. The van der Waals surface area contributed by atoms with E-state index < -0.39 is 23.8 Å². The van der Waals surface area contributed by atoms with Crippen LogP contribution in [0.3, 0.4) is 0 Å². The molecule has 15 heavy (non-hydrogen) atoms. The van der Waals surface area contributed by atoms with Gasteiger partial charge in [-0.05, 0) is 20.8 Å². The summed E-state index contributed by atoms with van der Waals surface area (Å²) >= 11 is 0. The van der Waals surface area contributed by atoms with Crippen molar-refractivity contribution in [3.8, 4) is 0 Å². The van der Waals surface area contributed by atoms with Crippen LogP contribution in [0.15, 0.2) is 0 Å². The summed E-state index contributed by atoms with van der Waals surface area (Å²) in [6.07, 6.45) is -2.26. The van der Waals surface area contributed by atoms with Crippen LogP contribution in [-0.2, 0) is 9.53 Å². The number of aliphatic hydroxyl groups is 1. The van der Waals surface area contributed by atoms with Crippen LogP contribution < -0.4 is 0 Å². The van der Waals surface area contributed by atoms with Gasteiger partial charge in [0.25, 0.3) is 0 Å². The van der Waals surface area contributed by atoms with E-state index in [0.717, 1.165) is 4.90 Å². The molecule has 2 N–H and O–H groups in total. The van der Waals surface area contributed by atoms with Crippen molar-refractivity contribution >= 4 is 12.1 Å². The Bertz CT molecular complexity index is 245. The lowest BCUT2D eigenvalue weighted by atomic mass is 10.2. The van der Waals surface area contributed by atoms with Gasteiger partial charge >= 0.3 is 12.1 Å². The van der Waals surface area contributed by atoms with Gasteiger partial charge in [-0.15, -0.1) is 0 Å². The molecule has 0 unspecified atom stereocenters. The first-order valence-corrected chi connectivity index (χ1v) is 4.48. The summed E-state index contributed by atoms with van der Waals surface area (Å²) in [7, 11) is 1.36. The van der Waals surface area contributed by atoms with E-state index in [-0.39, 0.29) is 6.54 Å². The first kappa shape index (κ1) is 13.7. The average molecular weight is 219 g/mol. The Balaban J connectivity index is 4.17. The number of carboxylic acid groups (broad SMARTS) is 1. The highest BCUT2D eigenvalue weighted by atomic mass is 16.6. The minimum absolute atomic E-state index is 0.301. The Morgan fingerprint density at radius 2 is 1.87 bits per heavy atom. The fourth-order valence-corrected chi connectivity index (χ4v) is 0.752. The minimum Gasteiger partial charge on any atom is -0.479 e. The Morgan fingerprint density at radius 1 is 1.40 bits per heavy atom. The molecular formula is C9H17NO5. The van der Waals surface area contributed by atoms with Crippen molar-refractivity contribution in [2.75, 3.05) is 13.6 Å². The number of rotatable bonds is 3. The number of aliphatic hydroxyl groups excluding tert-OH is 1. The standard InChI is InChI=1S/C9H17NO5/c1-9(2,3)15-8(14)10(4)5-6(11)7(12)13/h6,11H,5H2,1-4H3,(H,12,13)/t6-/m0/s1. The molecule has 0 aromatic carbocycles. The molecule has 0 spiro atoms. The number of hydrogen-bond donors (Lipinski definition) is 2. The molecule has 0 fully saturated rings. The molecule has 0 aromatic rings. The number of nitrogens with zero attached hydrogens (tertiary/aromatic N) is 1. The van der Waals surface area contributed by atoms with E-state index in [1.54, 1.807) is 20.8 Å². The van der Waals surface area contributed by atoms with Gasteiger partial charge in [0.05, 0.1) is 6.54 Å². The monoisotopic (exact) mass is 219 g/mol. The van der Waals surface area contributed by atoms with E-state index in [9.17, 15) is 9.59 Å². The Labute approximate surface area is 88.4 Å². The van der Waals surface area contributed by atoms with Crippen LogP contribution >= 0.6 is 0 Å². The normalized spacial score (nSPS) is 13.1. The summed E-state index contributed by atoms with van der Waals surface area (Å²) < 4.78 is 4.96. The second-order valence-electron chi connectivity index (χ2n) is 4.21. The van der Waals surface area contributed by atoms with Crippen molar-refractivity contribution in [1.29, 1.82) is 0 Å². The molecule has 6 nitrogen and oxygen atoms in total. The summed E-state index contributed by atoms with van der Waals surface area (Å²) in [6, 6.07) is 0. The maximum Gasteiger partial charge on any atom is 0.410 e. The molecule has 1 amide bonds. The van der Waals surface area contributed by atoms with Crippen LogP contribution in [-0.4, -0.2) is 52.5 Å². The first-order valence-electron chi connectivity index (χ1n) is 4.48. The molecule has 0 aromatic heterocycles. The lowest BCUT2D eigenvalue weighted by Gasteiger charge is -2.25. The van der Waals surface area contributed by atoms with Gasteiger partial charge in [0.15, 0.2) is 6.10 Å². The van der Waals surface area contributed by atoms with E-state index in [1.807, 2.05) is 0 Å². The van der Waals surface area contributed by atoms with Crippen molar-refractivity contribution in [3.63, 3.8) is 0 Å². The van der Waals surface area contributed by atoms with Crippen molar-refractivity contribution in [1.82, 2.24) is 4.90 Å². The third kappa shape index (κ3) is 5.90. The van der Waals surface area contributed by atoms with Crippen molar-refractivity contribution in [2.45, 2.75) is 32.5 Å². The molecule has 0 aliphatic heterocycles. The van der Waals surface area contributed by atoms with Crippen molar-refractivity contribution in [2.24, 2.45) is 0 Å². The highest BCUT2D eigenvalue weighted by molar-refractivity contribution is 5.74. The smallest absolute Gasteiger partial charge is 0.410 e. The summed E-state index contributed by atoms with van der Waals surface area (Å²) in [5, 5.41) is 17.4. The van der Waals surface area contributed by atoms with Crippen LogP contribution in [0.5, 0.6) is 0 Å². The predicted octanol–water partition coefficient (Wildman–Crippen LogP) is 0.299. The lowest BCUT2D eigenvalue weighted by Crippen LogP contribution is -2.40. The number of carbonyl (C=O) groups is 2. The second-order valence-corrected chi connectivity index (χ2v) is 4.21. The number of ether oxygens (including phenoxy) is 1. The molecule has 1 atom stereocenters. The maximum absolute atomic E-state index is 11.3. The third-order valence-corrected chi connectivity index (χ3v) is 1.44. The van der Waals surface area contributed by atoms with Gasteiger partial charge in [-0.3, -0.25) is 0 Å². The van der Waals surface area contributed by atoms with Gasteiger partial charge in [0, 0.05) is 7.05 Å². The molecule has 6 heteroatoms. The fraction of sp³-hybridized carbons (Fsp3) is 0.778. The first-order chi connectivity index (χ1) is 6.63. The zero-order valence-corrected chi connectivity index (χ0v) is 9.35. The van der Waals surface area contributed by atoms with Gasteiger partial charge in [-0.2, -0.15) is 0 Å². The van der Waals surface area contributed by atoms with Crippen molar-refractivity contribution < 1.29 is 24.5 Å². The quantitative estimate of drug-likeness (QED) is 0.712. The molecule has 0 saturated heterocycles. The largest absolute Gasteiger partial charge is 0.479 e. The molecule has 0 aliphatic carbocycles. The SMILES string of the molecule is CN(C[C@H](O)C(=O)O)C(=O)OC(C)(C)C. The van der Waals surface area contributed by atoms with Gasteiger partial charge in [-0.25, -0.2) is 9.59 Å². The highest BCUT2D eigenvalue weighted by Gasteiger charge is 2.23. The number of carbonyl (C=O) groups excluding carboxylic acids is 1. The van der Waals surface area contributed by atoms with Crippen LogP contribution in [0.1, 0.15) is 20.8 Å². The number of aliphatic carboxylic acids is 1. The Morgan fingerprint density at radius 3 is 2.20 bits per heavy atom. The maximum atomic E-state index is 11.3. The molecule has 0 bridgehead atoms. The second kappa shape index (κ2) is 4.97. The molecule has 0 heterocycles.